The van der Waals surface area contributed by atoms with Gasteiger partial charge in [-0.2, -0.15) is 0 Å². The summed E-state index contributed by atoms with van der Waals surface area (Å²) in [4.78, 5) is 33.6. The Labute approximate surface area is 243 Å². The second-order valence-electron chi connectivity index (χ2n) is 7.98. The third-order valence-electron chi connectivity index (χ3n) is 5.65. The fourth-order valence-corrected chi connectivity index (χ4v) is 8.90. The number of carbonyl (C=O) groups is 1. The van der Waals surface area contributed by atoms with Crippen LogP contribution in [0.3, 0.4) is 0 Å². The van der Waals surface area contributed by atoms with Crippen molar-refractivity contribution in [2.24, 2.45) is 0 Å². The molecule has 180 valence electrons. The van der Waals surface area contributed by atoms with Crippen molar-refractivity contribution in [2.45, 2.75) is 30.8 Å². The third kappa shape index (κ3) is 5.36. The fourth-order valence-electron chi connectivity index (χ4n) is 4.07. The number of hydrogen-bond acceptors (Lipinski definition) is 5. The Balaban J connectivity index is 1.51. The largest absolute Gasteiger partial charge is 0.323 e. The van der Waals surface area contributed by atoms with Crippen molar-refractivity contribution >= 4 is 109 Å². The number of benzene rings is 2. The summed E-state index contributed by atoms with van der Waals surface area (Å²) in [5, 5.41) is 4.17. The number of amides is 1. The van der Waals surface area contributed by atoms with Gasteiger partial charge in [0.1, 0.15) is 4.83 Å². The normalized spacial score (nSPS) is 13.1. The number of carbonyl (C=O) groups excluding carboxylic acids is 1. The van der Waals surface area contributed by atoms with Crippen LogP contribution in [-0.4, -0.2) is 21.2 Å². The van der Waals surface area contributed by atoms with Crippen molar-refractivity contribution < 1.29 is 4.79 Å². The average Bonchev–Trinajstić information content (AvgIpc) is 3.19. The number of aromatic nitrogens is 2. The van der Waals surface area contributed by atoms with Gasteiger partial charge in [-0.25, -0.2) is 4.98 Å². The lowest BCUT2D eigenvalue weighted by Crippen LogP contribution is -2.23. The number of thioether (sulfide) groups is 1. The molecule has 0 unspecified atom stereocenters. The zero-order chi connectivity index (χ0) is 24.7. The van der Waals surface area contributed by atoms with Crippen LogP contribution in [-0.2, 0) is 17.6 Å². The Hall–Kier alpha value is -0.980. The molecule has 1 amide bonds. The van der Waals surface area contributed by atoms with Crippen LogP contribution in [0.15, 0.2) is 64.2 Å². The summed E-state index contributed by atoms with van der Waals surface area (Å²) in [5.74, 6) is -0.0879. The van der Waals surface area contributed by atoms with E-state index in [0.29, 0.717) is 10.8 Å². The number of rotatable bonds is 5. The first-order valence-electron chi connectivity index (χ1n) is 10.7. The van der Waals surface area contributed by atoms with Crippen LogP contribution in [0.25, 0.3) is 15.9 Å². The molecule has 5 rings (SSSR count). The standard InChI is InChI=1S/C24H17Br4N3O2S2/c25-12-5-7-14(8-6-12)31-23(33)20-15-3-1-2-4-18(15)35-22(20)30-24(31)34-11-19(32)29-21-16(27)9-13(26)10-17(21)28/h5-10H,1-4,11H2,(H,29,32). The van der Waals surface area contributed by atoms with E-state index in [-0.39, 0.29) is 17.2 Å². The Kier molecular flexibility index (Phi) is 7.91. The van der Waals surface area contributed by atoms with E-state index < -0.39 is 0 Å². The van der Waals surface area contributed by atoms with E-state index in [2.05, 4.69) is 69.0 Å². The number of nitrogens with zero attached hydrogens (tertiary/aromatic N) is 2. The molecule has 1 aliphatic rings. The molecular weight excluding hydrogens is 746 g/mol. The molecule has 4 aromatic rings. The third-order valence-corrected chi connectivity index (χ3v) is 10.0. The summed E-state index contributed by atoms with van der Waals surface area (Å²) in [6, 6.07) is 11.3. The molecule has 1 aliphatic carbocycles. The molecule has 0 fully saturated rings. The highest BCUT2D eigenvalue weighted by molar-refractivity contribution is 9.11. The highest BCUT2D eigenvalue weighted by atomic mass is 79.9. The van der Waals surface area contributed by atoms with Gasteiger partial charge >= 0.3 is 0 Å². The Morgan fingerprint density at radius 3 is 2.43 bits per heavy atom. The summed E-state index contributed by atoms with van der Waals surface area (Å²) in [6.07, 6.45) is 4.15. The van der Waals surface area contributed by atoms with Gasteiger partial charge in [-0.1, -0.05) is 43.6 Å². The molecular formula is C24H17Br4N3O2S2. The van der Waals surface area contributed by atoms with Crippen molar-refractivity contribution in [1.29, 1.82) is 0 Å². The van der Waals surface area contributed by atoms with Crippen LogP contribution in [0.2, 0.25) is 0 Å². The molecule has 2 aromatic carbocycles. The van der Waals surface area contributed by atoms with E-state index >= 15 is 0 Å². The van der Waals surface area contributed by atoms with Gasteiger partial charge in [0, 0.05) is 22.8 Å². The molecule has 1 N–H and O–H groups in total. The van der Waals surface area contributed by atoms with Crippen LogP contribution in [0.4, 0.5) is 5.69 Å². The molecule has 0 atom stereocenters. The Morgan fingerprint density at radius 1 is 1.03 bits per heavy atom. The van der Waals surface area contributed by atoms with E-state index in [1.54, 1.807) is 15.9 Å². The van der Waals surface area contributed by atoms with Gasteiger partial charge in [0.05, 0.1) is 22.5 Å². The lowest BCUT2D eigenvalue weighted by molar-refractivity contribution is -0.113. The molecule has 5 nitrogen and oxygen atoms in total. The fraction of sp³-hybridized carbons (Fsp3) is 0.208. The van der Waals surface area contributed by atoms with E-state index in [1.807, 2.05) is 36.4 Å². The molecule has 0 bridgehead atoms. The molecule has 0 saturated carbocycles. The molecule has 0 saturated heterocycles. The Morgan fingerprint density at radius 2 is 1.71 bits per heavy atom. The van der Waals surface area contributed by atoms with Crippen molar-refractivity contribution in [3.63, 3.8) is 0 Å². The van der Waals surface area contributed by atoms with Crippen LogP contribution in [0.1, 0.15) is 23.3 Å². The molecule has 2 aromatic heterocycles. The minimum absolute atomic E-state index is 0.0713. The van der Waals surface area contributed by atoms with Crippen LogP contribution >= 0.6 is 86.8 Å². The average molecular weight is 763 g/mol. The van der Waals surface area contributed by atoms with Gasteiger partial charge in [0.15, 0.2) is 5.16 Å². The van der Waals surface area contributed by atoms with Crippen molar-refractivity contribution in [3.8, 4) is 5.69 Å². The van der Waals surface area contributed by atoms with Gasteiger partial charge < -0.3 is 5.32 Å². The molecule has 0 radical (unpaired) electrons. The second kappa shape index (κ2) is 10.8. The minimum Gasteiger partial charge on any atom is -0.323 e. The molecule has 2 heterocycles. The van der Waals surface area contributed by atoms with E-state index in [0.717, 1.165) is 65.0 Å². The smallest absolute Gasteiger partial charge is 0.267 e. The topological polar surface area (TPSA) is 64.0 Å². The summed E-state index contributed by atoms with van der Waals surface area (Å²) in [5.41, 5.74) is 2.46. The van der Waals surface area contributed by atoms with Crippen LogP contribution in [0.5, 0.6) is 0 Å². The maximum atomic E-state index is 13.8. The lowest BCUT2D eigenvalue weighted by Gasteiger charge is -2.14. The van der Waals surface area contributed by atoms with Crippen molar-refractivity contribution in [2.75, 3.05) is 11.1 Å². The molecule has 0 spiro atoms. The van der Waals surface area contributed by atoms with Gasteiger partial charge in [-0.05, 0) is 99.5 Å². The first-order valence-corrected chi connectivity index (χ1v) is 15.7. The zero-order valence-electron chi connectivity index (χ0n) is 18.0. The number of thiophene rings is 1. The number of nitrogens with one attached hydrogen (secondary N) is 1. The first kappa shape index (κ1) is 25.7. The van der Waals surface area contributed by atoms with E-state index in [9.17, 15) is 9.59 Å². The van der Waals surface area contributed by atoms with E-state index in [1.165, 1.54) is 16.6 Å². The molecule has 0 aliphatic heterocycles. The van der Waals surface area contributed by atoms with Gasteiger partial charge in [0.25, 0.3) is 5.56 Å². The summed E-state index contributed by atoms with van der Waals surface area (Å²) < 4.78 is 4.97. The highest BCUT2D eigenvalue weighted by Gasteiger charge is 2.23. The van der Waals surface area contributed by atoms with Gasteiger partial charge in [-0.3, -0.25) is 14.2 Å². The SMILES string of the molecule is O=C(CSc1nc2sc3c(c2c(=O)n1-c1ccc(Br)cc1)CCCC3)Nc1c(Br)cc(Br)cc1Br. The van der Waals surface area contributed by atoms with Gasteiger partial charge in [-0.15, -0.1) is 11.3 Å². The van der Waals surface area contributed by atoms with Gasteiger partial charge in [0.2, 0.25) is 5.91 Å². The Bertz CT molecular complexity index is 1490. The van der Waals surface area contributed by atoms with Crippen molar-refractivity contribution in [3.05, 3.63) is 75.1 Å². The zero-order valence-corrected chi connectivity index (χ0v) is 26.0. The summed E-state index contributed by atoms with van der Waals surface area (Å²) in [6.45, 7) is 0. The number of anilines is 1. The number of fused-ring (bicyclic) bond motifs is 3. The van der Waals surface area contributed by atoms with Crippen molar-refractivity contribution in [1.82, 2.24) is 9.55 Å². The summed E-state index contributed by atoms with van der Waals surface area (Å²) >= 11 is 16.8. The van der Waals surface area contributed by atoms with Crippen LogP contribution in [0, 0.1) is 0 Å². The number of halogens is 4. The molecule has 11 heteroatoms. The number of hydrogen-bond donors (Lipinski definition) is 1. The predicted octanol–water partition coefficient (Wildman–Crippen LogP) is 8.11. The minimum atomic E-state index is -0.194. The van der Waals surface area contributed by atoms with E-state index in [4.69, 9.17) is 4.98 Å². The quantitative estimate of drug-likeness (QED) is 0.165. The summed E-state index contributed by atoms with van der Waals surface area (Å²) in [7, 11) is 0. The lowest BCUT2D eigenvalue weighted by atomic mass is 9.97. The highest BCUT2D eigenvalue weighted by Crippen LogP contribution is 2.36. The monoisotopic (exact) mass is 759 g/mol. The predicted molar refractivity (Wildman–Crippen MR) is 158 cm³/mol. The second-order valence-corrected chi connectivity index (χ2v) is 13.5. The first-order chi connectivity index (χ1) is 16.8. The van der Waals surface area contributed by atoms with Crippen LogP contribution < -0.4 is 10.9 Å². The molecule has 35 heavy (non-hydrogen) atoms. The maximum absolute atomic E-state index is 13.8. The maximum Gasteiger partial charge on any atom is 0.267 e. The number of aryl methyl sites for hydroxylation is 2.